The number of aryl methyl sites for hydroxylation is 1. The summed E-state index contributed by atoms with van der Waals surface area (Å²) in [7, 11) is 0.492. The molecule has 2 heterocycles. The molecule has 0 saturated carbocycles. The Bertz CT molecular complexity index is 325. The Morgan fingerprint density at radius 1 is 1.67 bits per heavy atom. The average Bonchev–Trinajstić information content (AvgIpc) is 2.47. The largest absolute Gasteiger partial charge is 0.331 e. The second-order valence-electron chi connectivity index (χ2n) is 3.09. The third kappa shape index (κ3) is 1.22. The summed E-state index contributed by atoms with van der Waals surface area (Å²) in [6.45, 7) is 5.46. The Hall–Kier alpha value is -0.570. The summed E-state index contributed by atoms with van der Waals surface area (Å²) in [5, 5.41) is 2.33. The highest BCUT2D eigenvalue weighted by Gasteiger charge is 2.13. The first kappa shape index (κ1) is 8.05. The fourth-order valence-corrected chi connectivity index (χ4v) is 3.11. The predicted molar refractivity (Wildman–Crippen MR) is 54.9 cm³/mol. The van der Waals surface area contributed by atoms with Crippen LogP contribution in [0.4, 0.5) is 0 Å². The molecular weight excluding hydrogens is 168 g/mol. The van der Waals surface area contributed by atoms with Crippen molar-refractivity contribution in [2.24, 2.45) is 0 Å². The van der Waals surface area contributed by atoms with Gasteiger partial charge >= 0.3 is 0 Å². The number of rotatable bonds is 0. The minimum absolute atomic E-state index is 0.492. The average molecular weight is 182 g/mol. The van der Waals surface area contributed by atoms with Gasteiger partial charge in [0, 0.05) is 29.9 Å². The van der Waals surface area contributed by atoms with Crippen LogP contribution >= 0.6 is 10.5 Å². The van der Waals surface area contributed by atoms with Gasteiger partial charge in [-0.05, 0) is 13.8 Å². The van der Waals surface area contributed by atoms with Gasteiger partial charge in [0.2, 0.25) is 0 Å². The SMILES string of the molecule is C/C=S1\CCn2c(C)cnc2C1. The summed E-state index contributed by atoms with van der Waals surface area (Å²) in [6.07, 6.45) is 1.98. The molecule has 0 bridgehead atoms. The number of fused-ring (bicyclic) bond motifs is 1. The van der Waals surface area contributed by atoms with Crippen molar-refractivity contribution in [2.45, 2.75) is 26.1 Å². The normalized spacial score (nSPS) is 22.7. The maximum Gasteiger partial charge on any atom is 0.118 e. The Morgan fingerprint density at radius 3 is 3.25 bits per heavy atom. The molecule has 1 aromatic heterocycles. The molecule has 12 heavy (non-hydrogen) atoms. The quantitative estimate of drug-likeness (QED) is 0.559. The highest BCUT2D eigenvalue weighted by Crippen LogP contribution is 2.25. The number of hydrogen-bond acceptors (Lipinski definition) is 1. The molecule has 0 aromatic carbocycles. The van der Waals surface area contributed by atoms with Gasteiger partial charge in [-0.25, -0.2) is 4.98 Å². The highest BCUT2D eigenvalue weighted by molar-refractivity contribution is 8.14. The maximum absolute atomic E-state index is 4.40. The number of nitrogens with zero attached hydrogens (tertiary/aromatic N) is 2. The molecule has 2 rings (SSSR count). The van der Waals surface area contributed by atoms with Crippen LogP contribution in [0, 0.1) is 6.92 Å². The van der Waals surface area contributed by atoms with Crippen LogP contribution in [0.2, 0.25) is 0 Å². The monoisotopic (exact) mass is 182 g/mol. The minimum atomic E-state index is 0.492. The Balaban J connectivity index is 2.36. The van der Waals surface area contributed by atoms with E-state index in [0.717, 1.165) is 12.3 Å². The molecule has 1 aliphatic rings. The lowest BCUT2D eigenvalue weighted by atomic mass is 10.5. The fraction of sp³-hybridized carbons (Fsp3) is 0.556. The van der Waals surface area contributed by atoms with Crippen LogP contribution in [0.5, 0.6) is 0 Å². The predicted octanol–water partition coefficient (Wildman–Crippen LogP) is 1.80. The molecule has 1 aliphatic heterocycles. The summed E-state index contributed by atoms with van der Waals surface area (Å²) >= 11 is 0. The molecule has 0 aliphatic carbocycles. The number of aromatic nitrogens is 2. The van der Waals surface area contributed by atoms with Crippen LogP contribution in [0.3, 0.4) is 0 Å². The van der Waals surface area contributed by atoms with Crippen LogP contribution in [0.1, 0.15) is 18.4 Å². The van der Waals surface area contributed by atoms with Crippen molar-refractivity contribution < 1.29 is 0 Å². The number of imidazole rings is 1. The van der Waals surface area contributed by atoms with Crippen molar-refractivity contribution in [3.63, 3.8) is 0 Å². The van der Waals surface area contributed by atoms with E-state index in [1.54, 1.807) is 0 Å². The first-order valence-electron chi connectivity index (χ1n) is 4.28. The topological polar surface area (TPSA) is 17.8 Å². The molecule has 0 spiro atoms. The standard InChI is InChI=1S/C9H14N2S/c1-3-12-5-4-11-8(2)6-10-9(11)7-12/h3,6H,4-5,7H2,1-2H3. The summed E-state index contributed by atoms with van der Waals surface area (Å²) in [6, 6.07) is 0. The molecule has 66 valence electrons. The van der Waals surface area contributed by atoms with E-state index in [2.05, 4.69) is 28.8 Å². The Morgan fingerprint density at radius 2 is 2.50 bits per heavy atom. The summed E-state index contributed by atoms with van der Waals surface area (Å²) in [5.74, 6) is 3.74. The Labute approximate surface area is 75.5 Å². The Kier molecular flexibility index (Phi) is 2.05. The molecule has 0 saturated heterocycles. The van der Waals surface area contributed by atoms with Gasteiger partial charge in [0.25, 0.3) is 0 Å². The molecule has 0 amide bonds. The zero-order valence-electron chi connectivity index (χ0n) is 7.58. The highest BCUT2D eigenvalue weighted by atomic mass is 32.2. The van der Waals surface area contributed by atoms with E-state index in [9.17, 15) is 0 Å². The van der Waals surface area contributed by atoms with E-state index in [1.807, 2.05) is 6.20 Å². The van der Waals surface area contributed by atoms with Crippen molar-refractivity contribution in [1.29, 1.82) is 0 Å². The van der Waals surface area contributed by atoms with Crippen molar-refractivity contribution in [3.05, 3.63) is 17.7 Å². The third-order valence-electron chi connectivity index (χ3n) is 2.36. The van der Waals surface area contributed by atoms with Crippen LogP contribution in [0.25, 0.3) is 0 Å². The maximum atomic E-state index is 4.40. The van der Waals surface area contributed by atoms with Gasteiger partial charge in [-0.15, -0.1) is 0 Å². The van der Waals surface area contributed by atoms with Crippen LogP contribution in [-0.4, -0.2) is 20.7 Å². The summed E-state index contributed by atoms with van der Waals surface area (Å²) in [5.41, 5.74) is 1.31. The second-order valence-corrected chi connectivity index (χ2v) is 5.33. The van der Waals surface area contributed by atoms with Gasteiger partial charge in [-0.3, -0.25) is 0 Å². The molecule has 0 fully saturated rings. The van der Waals surface area contributed by atoms with Gasteiger partial charge < -0.3 is 4.57 Å². The van der Waals surface area contributed by atoms with Gasteiger partial charge in [-0.1, -0.05) is 5.37 Å². The van der Waals surface area contributed by atoms with Gasteiger partial charge in [0.05, 0.1) is 0 Å². The zero-order chi connectivity index (χ0) is 8.55. The van der Waals surface area contributed by atoms with Crippen molar-refractivity contribution >= 4 is 15.9 Å². The van der Waals surface area contributed by atoms with E-state index in [4.69, 9.17) is 0 Å². The smallest absolute Gasteiger partial charge is 0.118 e. The lowest BCUT2D eigenvalue weighted by Gasteiger charge is -2.18. The zero-order valence-corrected chi connectivity index (χ0v) is 8.40. The van der Waals surface area contributed by atoms with Crippen LogP contribution in [-0.2, 0) is 12.3 Å². The summed E-state index contributed by atoms with van der Waals surface area (Å²) in [4.78, 5) is 4.40. The molecule has 1 aromatic rings. The van der Waals surface area contributed by atoms with E-state index in [1.165, 1.54) is 17.3 Å². The lowest BCUT2D eigenvalue weighted by Crippen LogP contribution is -2.13. The van der Waals surface area contributed by atoms with E-state index in [0.29, 0.717) is 10.5 Å². The van der Waals surface area contributed by atoms with E-state index < -0.39 is 0 Å². The van der Waals surface area contributed by atoms with Crippen LogP contribution < -0.4 is 0 Å². The van der Waals surface area contributed by atoms with Gasteiger partial charge in [0.15, 0.2) is 0 Å². The minimum Gasteiger partial charge on any atom is -0.331 e. The van der Waals surface area contributed by atoms with Crippen molar-refractivity contribution in [1.82, 2.24) is 9.55 Å². The molecule has 2 nitrogen and oxygen atoms in total. The second kappa shape index (κ2) is 3.05. The van der Waals surface area contributed by atoms with Crippen LogP contribution in [0.15, 0.2) is 6.20 Å². The van der Waals surface area contributed by atoms with Gasteiger partial charge in [0.1, 0.15) is 5.82 Å². The van der Waals surface area contributed by atoms with Gasteiger partial charge in [-0.2, -0.15) is 10.5 Å². The van der Waals surface area contributed by atoms with Crippen molar-refractivity contribution in [2.75, 3.05) is 5.75 Å². The molecule has 0 radical (unpaired) electrons. The molecule has 1 atom stereocenters. The first-order chi connectivity index (χ1) is 5.81. The van der Waals surface area contributed by atoms with E-state index in [-0.39, 0.29) is 0 Å². The molecular formula is C9H14N2S. The molecule has 0 N–H and O–H groups in total. The summed E-state index contributed by atoms with van der Waals surface area (Å²) < 4.78 is 2.34. The molecule has 3 heteroatoms. The molecule has 1 unspecified atom stereocenters. The lowest BCUT2D eigenvalue weighted by molar-refractivity contribution is 0.697. The number of hydrogen-bond donors (Lipinski definition) is 0. The van der Waals surface area contributed by atoms with E-state index >= 15 is 0 Å². The fourth-order valence-electron chi connectivity index (χ4n) is 1.58. The first-order valence-corrected chi connectivity index (χ1v) is 5.90. The van der Waals surface area contributed by atoms with Crippen molar-refractivity contribution in [3.8, 4) is 0 Å². The third-order valence-corrected chi connectivity index (χ3v) is 4.37.